The van der Waals surface area contributed by atoms with E-state index in [0.29, 0.717) is 5.56 Å². The number of hydrogen-bond acceptors (Lipinski definition) is 2. The fourth-order valence-electron chi connectivity index (χ4n) is 2.65. The van der Waals surface area contributed by atoms with Gasteiger partial charge in [-0.2, -0.15) is 5.10 Å². The summed E-state index contributed by atoms with van der Waals surface area (Å²) in [7, 11) is 0. The van der Waals surface area contributed by atoms with Crippen LogP contribution in [0.1, 0.15) is 40.9 Å². The molecule has 1 atom stereocenters. The van der Waals surface area contributed by atoms with Gasteiger partial charge in [-0.1, -0.05) is 36.8 Å². The quantitative estimate of drug-likeness (QED) is 0.771. The van der Waals surface area contributed by atoms with Gasteiger partial charge in [-0.15, -0.1) is 0 Å². The van der Waals surface area contributed by atoms with E-state index in [2.05, 4.69) is 48.5 Å². The fourth-order valence-corrected chi connectivity index (χ4v) is 2.65. The Morgan fingerprint density at radius 3 is 2.42 bits per heavy atom. The second-order valence-corrected chi connectivity index (χ2v) is 5.84. The number of rotatable bonds is 5. The van der Waals surface area contributed by atoms with Crippen molar-refractivity contribution in [3.63, 3.8) is 0 Å². The molecule has 122 valence electrons. The molecule has 0 aliphatic heterocycles. The first kappa shape index (κ1) is 16.0. The van der Waals surface area contributed by atoms with Gasteiger partial charge in [0.2, 0.25) is 0 Å². The molecule has 1 amide bonds. The summed E-state index contributed by atoms with van der Waals surface area (Å²) in [6.07, 6.45) is 4.45. The van der Waals surface area contributed by atoms with E-state index < -0.39 is 0 Å². The van der Waals surface area contributed by atoms with E-state index in [-0.39, 0.29) is 11.9 Å². The Morgan fingerprint density at radius 1 is 1.12 bits per heavy atom. The summed E-state index contributed by atoms with van der Waals surface area (Å²) in [6.45, 7) is 4.14. The highest BCUT2D eigenvalue weighted by Crippen LogP contribution is 2.18. The molecule has 0 fully saturated rings. The summed E-state index contributed by atoms with van der Waals surface area (Å²) >= 11 is 0. The van der Waals surface area contributed by atoms with E-state index in [9.17, 15) is 4.79 Å². The summed E-state index contributed by atoms with van der Waals surface area (Å²) in [6, 6.07) is 17.6. The molecule has 0 aliphatic carbocycles. The first-order valence-electron chi connectivity index (χ1n) is 8.15. The van der Waals surface area contributed by atoms with Crippen molar-refractivity contribution in [2.24, 2.45) is 0 Å². The second kappa shape index (κ2) is 7.13. The van der Waals surface area contributed by atoms with E-state index in [1.165, 1.54) is 5.56 Å². The zero-order chi connectivity index (χ0) is 16.9. The molecule has 3 aromatic rings. The zero-order valence-electron chi connectivity index (χ0n) is 13.9. The first-order valence-corrected chi connectivity index (χ1v) is 8.15. The number of carbonyl (C=O) groups is 1. The molecule has 0 radical (unpaired) electrons. The topological polar surface area (TPSA) is 46.9 Å². The van der Waals surface area contributed by atoms with Crippen LogP contribution in [0.4, 0.5) is 0 Å². The number of amides is 1. The number of aromatic nitrogens is 2. The molecule has 0 spiro atoms. The van der Waals surface area contributed by atoms with Gasteiger partial charge in [-0.3, -0.25) is 4.79 Å². The van der Waals surface area contributed by atoms with E-state index in [1.807, 2.05) is 36.5 Å². The Morgan fingerprint density at radius 2 is 1.83 bits per heavy atom. The Kier molecular flexibility index (Phi) is 4.75. The molecule has 1 N–H and O–H groups in total. The normalized spacial score (nSPS) is 11.9. The summed E-state index contributed by atoms with van der Waals surface area (Å²) < 4.78 is 1.77. The van der Waals surface area contributed by atoms with Gasteiger partial charge >= 0.3 is 0 Å². The minimum Gasteiger partial charge on any atom is -0.345 e. The standard InChI is InChI=1S/C20H21N3O/c1-3-19(16-7-5-15(2)6-8-16)22-20(24)17-9-11-18(12-10-17)23-14-4-13-21-23/h4-14,19H,3H2,1-2H3,(H,22,24). The molecule has 4 nitrogen and oxygen atoms in total. The number of nitrogens with one attached hydrogen (secondary N) is 1. The van der Waals surface area contributed by atoms with Crippen LogP contribution in [0, 0.1) is 6.92 Å². The van der Waals surface area contributed by atoms with Crippen LogP contribution in [-0.2, 0) is 0 Å². The third kappa shape index (κ3) is 3.54. The van der Waals surface area contributed by atoms with Crippen molar-refractivity contribution in [3.8, 4) is 5.69 Å². The Bertz CT molecular complexity index is 790. The molecular formula is C20H21N3O. The van der Waals surface area contributed by atoms with Gasteiger partial charge < -0.3 is 5.32 Å². The van der Waals surface area contributed by atoms with Crippen LogP contribution in [0.3, 0.4) is 0 Å². The van der Waals surface area contributed by atoms with Crippen molar-refractivity contribution in [1.29, 1.82) is 0 Å². The highest BCUT2D eigenvalue weighted by molar-refractivity contribution is 5.94. The van der Waals surface area contributed by atoms with Crippen LogP contribution >= 0.6 is 0 Å². The van der Waals surface area contributed by atoms with Crippen molar-refractivity contribution in [3.05, 3.63) is 83.7 Å². The maximum Gasteiger partial charge on any atom is 0.251 e. The average Bonchev–Trinajstić information content (AvgIpc) is 3.15. The van der Waals surface area contributed by atoms with E-state index in [4.69, 9.17) is 0 Å². The molecule has 0 aliphatic rings. The lowest BCUT2D eigenvalue weighted by atomic mass is 10.0. The zero-order valence-corrected chi connectivity index (χ0v) is 13.9. The SMILES string of the molecule is CCC(NC(=O)c1ccc(-n2cccn2)cc1)c1ccc(C)cc1. The Labute approximate surface area is 142 Å². The van der Waals surface area contributed by atoms with Crippen LogP contribution in [0.2, 0.25) is 0 Å². The Balaban J connectivity index is 1.72. The molecule has 0 bridgehead atoms. The molecular weight excluding hydrogens is 298 g/mol. The number of hydrogen-bond donors (Lipinski definition) is 1. The summed E-state index contributed by atoms with van der Waals surface area (Å²) in [5.41, 5.74) is 3.93. The van der Waals surface area contributed by atoms with Crippen molar-refractivity contribution >= 4 is 5.91 Å². The molecule has 1 unspecified atom stereocenters. The summed E-state index contributed by atoms with van der Waals surface area (Å²) in [5.74, 6) is -0.0607. The van der Waals surface area contributed by atoms with Gasteiger partial charge in [0.05, 0.1) is 11.7 Å². The highest BCUT2D eigenvalue weighted by atomic mass is 16.1. The number of nitrogens with zero attached hydrogens (tertiary/aromatic N) is 2. The van der Waals surface area contributed by atoms with Crippen LogP contribution in [0.25, 0.3) is 5.69 Å². The lowest BCUT2D eigenvalue weighted by molar-refractivity contribution is 0.0935. The Hall–Kier alpha value is -2.88. The largest absolute Gasteiger partial charge is 0.345 e. The van der Waals surface area contributed by atoms with Gasteiger partial charge in [0.25, 0.3) is 5.91 Å². The fraction of sp³-hybridized carbons (Fsp3) is 0.200. The number of benzene rings is 2. The van der Waals surface area contributed by atoms with Gasteiger partial charge in [-0.25, -0.2) is 4.68 Å². The lowest BCUT2D eigenvalue weighted by Gasteiger charge is -2.18. The molecule has 3 rings (SSSR count). The maximum absolute atomic E-state index is 12.5. The van der Waals surface area contributed by atoms with E-state index >= 15 is 0 Å². The van der Waals surface area contributed by atoms with Gasteiger partial charge in [0.15, 0.2) is 0 Å². The lowest BCUT2D eigenvalue weighted by Crippen LogP contribution is -2.28. The number of aryl methyl sites for hydroxylation is 1. The first-order chi connectivity index (χ1) is 11.7. The average molecular weight is 319 g/mol. The third-order valence-corrected chi connectivity index (χ3v) is 4.09. The molecule has 0 saturated heterocycles. The van der Waals surface area contributed by atoms with E-state index in [1.54, 1.807) is 10.9 Å². The van der Waals surface area contributed by atoms with Crippen LogP contribution in [0.15, 0.2) is 67.0 Å². The smallest absolute Gasteiger partial charge is 0.251 e. The van der Waals surface area contributed by atoms with Crippen molar-refractivity contribution in [2.45, 2.75) is 26.3 Å². The van der Waals surface area contributed by atoms with Crippen LogP contribution in [-0.4, -0.2) is 15.7 Å². The van der Waals surface area contributed by atoms with Gasteiger partial charge in [-0.05, 0) is 49.2 Å². The highest BCUT2D eigenvalue weighted by Gasteiger charge is 2.14. The predicted molar refractivity (Wildman–Crippen MR) is 95.2 cm³/mol. The molecule has 4 heteroatoms. The predicted octanol–water partition coefficient (Wildman–Crippen LogP) is 4.06. The molecule has 0 saturated carbocycles. The van der Waals surface area contributed by atoms with Crippen molar-refractivity contribution < 1.29 is 4.79 Å². The minimum absolute atomic E-state index is 0.0175. The van der Waals surface area contributed by atoms with Crippen molar-refractivity contribution in [1.82, 2.24) is 15.1 Å². The second-order valence-electron chi connectivity index (χ2n) is 5.84. The molecule has 24 heavy (non-hydrogen) atoms. The summed E-state index contributed by atoms with van der Waals surface area (Å²) in [4.78, 5) is 12.5. The van der Waals surface area contributed by atoms with E-state index in [0.717, 1.165) is 17.7 Å². The van der Waals surface area contributed by atoms with Gasteiger partial charge in [0, 0.05) is 18.0 Å². The van der Waals surface area contributed by atoms with Crippen molar-refractivity contribution in [2.75, 3.05) is 0 Å². The minimum atomic E-state index is -0.0607. The monoisotopic (exact) mass is 319 g/mol. The summed E-state index contributed by atoms with van der Waals surface area (Å²) in [5, 5.41) is 7.30. The molecule has 1 aromatic heterocycles. The number of carbonyl (C=O) groups excluding carboxylic acids is 1. The maximum atomic E-state index is 12.5. The van der Waals surface area contributed by atoms with Gasteiger partial charge in [0.1, 0.15) is 0 Å². The van der Waals surface area contributed by atoms with Crippen LogP contribution in [0.5, 0.6) is 0 Å². The third-order valence-electron chi connectivity index (χ3n) is 4.09. The molecule has 1 heterocycles. The molecule has 2 aromatic carbocycles. The van der Waals surface area contributed by atoms with Crippen LogP contribution < -0.4 is 5.32 Å².